The van der Waals surface area contributed by atoms with Gasteiger partial charge in [0, 0.05) is 18.4 Å². The van der Waals surface area contributed by atoms with E-state index in [2.05, 4.69) is 15.0 Å². The Balaban J connectivity index is 2.51. The first-order valence-electron chi connectivity index (χ1n) is 4.70. The summed E-state index contributed by atoms with van der Waals surface area (Å²) < 4.78 is 4.52. The van der Waals surface area contributed by atoms with Crippen molar-refractivity contribution in [1.29, 1.82) is 0 Å². The molecule has 3 N–H and O–H groups in total. The van der Waals surface area contributed by atoms with Crippen LogP contribution in [0.5, 0.6) is 0 Å². The maximum absolute atomic E-state index is 10.9. The lowest BCUT2D eigenvalue weighted by Gasteiger charge is -2.06. The maximum Gasteiger partial charge on any atom is 0.307 e. The van der Waals surface area contributed by atoms with Crippen LogP contribution in [0.25, 0.3) is 0 Å². The number of nitrogens with zero attached hydrogens (tertiary/aromatic N) is 1. The monoisotopic (exact) mass is 239 g/mol. The molecule has 0 spiro atoms. The number of ether oxygens (including phenoxy) is 1. The second kappa shape index (κ2) is 6.02. The second-order valence-electron chi connectivity index (χ2n) is 3.05. The Morgan fingerprint density at radius 1 is 1.69 bits per heavy atom. The normalized spacial score (nSPS) is 9.56. The molecule has 0 aliphatic heterocycles. The van der Waals surface area contributed by atoms with Crippen LogP contribution in [-0.4, -0.2) is 29.6 Å². The summed E-state index contributed by atoms with van der Waals surface area (Å²) in [5, 5.41) is 3.05. The average Bonchev–Trinajstić information content (AvgIpc) is 2.29. The van der Waals surface area contributed by atoms with E-state index in [0.717, 1.165) is 5.69 Å². The maximum atomic E-state index is 10.9. The number of nitrogens with one attached hydrogen (secondary N) is 1. The smallest absolute Gasteiger partial charge is 0.307 e. The third-order valence-electron chi connectivity index (χ3n) is 1.90. The van der Waals surface area contributed by atoms with E-state index in [-0.39, 0.29) is 11.0 Å². The van der Waals surface area contributed by atoms with Gasteiger partial charge in [0.1, 0.15) is 4.99 Å². The number of carbonyl (C=O) groups excluding carboxylic acids is 1. The minimum absolute atomic E-state index is 0.247. The summed E-state index contributed by atoms with van der Waals surface area (Å²) in [6, 6.07) is 3.51. The van der Waals surface area contributed by atoms with Crippen LogP contribution < -0.4 is 11.1 Å². The van der Waals surface area contributed by atoms with Crippen molar-refractivity contribution in [3.63, 3.8) is 0 Å². The van der Waals surface area contributed by atoms with Crippen LogP contribution >= 0.6 is 12.2 Å². The number of aromatic nitrogens is 1. The number of hydrogen-bond acceptors (Lipinski definition) is 5. The number of esters is 1. The van der Waals surface area contributed by atoms with Gasteiger partial charge in [0.2, 0.25) is 0 Å². The molecule has 0 aliphatic carbocycles. The predicted molar refractivity (Wildman–Crippen MR) is 65.2 cm³/mol. The molecule has 0 amide bonds. The standard InChI is InChI=1S/C10H13N3O2S/c1-15-9(14)3-5-12-7-2-4-13-8(6-7)10(11)16/h2,4,6H,3,5H2,1H3,(H2,11,16)(H,12,13). The van der Waals surface area contributed by atoms with E-state index in [4.69, 9.17) is 18.0 Å². The molecule has 1 rings (SSSR count). The number of carbonyl (C=O) groups is 1. The molecule has 5 nitrogen and oxygen atoms in total. The second-order valence-corrected chi connectivity index (χ2v) is 3.49. The molecule has 16 heavy (non-hydrogen) atoms. The molecule has 0 aromatic carbocycles. The third kappa shape index (κ3) is 3.82. The lowest BCUT2D eigenvalue weighted by atomic mass is 10.3. The van der Waals surface area contributed by atoms with E-state index in [1.54, 1.807) is 18.3 Å². The minimum atomic E-state index is -0.254. The Bertz CT molecular complexity index is 395. The van der Waals surface area contributed by atoms with Gasteiger partial charge in [-0.15, -0.1) is 0 Å². The van der Waals surface area contributed by atoms with E-state index >= 15 is 0 Å². The van der Waals surface area contributed by atoms with E-state index in [1.165, 1.54) is 7.11 Å². The Labute approximate surface area is 99.0 Å². The van der Waals surface area contributed by atoms with Crippen molar-refractivity contribution >= 4 is 28.9 Å². The molecule has 0 unspecified atom stereocenters. The van der Waals surface area contributed by atoms with E-state index in [0.29, 0.717) is 18.7 Å². The highest BCUT2D eigenvalue weighted by Gasteiger charge is 2.01. The largest absolute Gasteiger partial charge is 0.469 e. The molecule has 1 heterocycles. The summed E-state index contributed by atoms with van der Waals surface area (Å²) in [6.07, 6.45) is 1.91. The summed E-state index contributed by atoms with van der Waals surface area (Å²) in [5.41, 5.74) is 6.82. The van der Waals surface area contributed by atoms with Crippen LogP contribution in [0.4, 0.5) is 5.69 Å². The van der Waals surface area contributed by atoms with Crippen LogP contribution in [0, 0.1) is 0 Å². The Hall–Kier alpha value is -1.69. The highest BCUT2D eigenvalue weighted by molar-refractivity contribution is 7.80. The number of anilines is 1. The first kappa shape index (κ1) is 12.4. The number of hydrogen-bond donors (Lipinski definition) is 2. The van der Waals surface area contributed by atoms with Gasteiger partial charge in [-0.2, -0.15) is 0 Å². The molecule has 1 aromatic heterocycles. The van der Waals surface area contributed by atoms with Crippen LogP contribution in [0.15, 0.2) is 18.3 Å². The summed E-state index contributed by atoms with van der Waals surface area (Å²) in [6.45, 7) is 0.494. The molecule has 0 saturated heterocycles. The van der Waals surface area contributed by atoms with Crippen molar-refractivity contribution in [3.8, 4) is 0 Å². The van der Waals surface area contributed by atoms with Gasteiger partial charge in [0.05, 0.1) is 19.2 Å². The first-order valence-corrected chi connectivity index (χ1v) is 5.11. The van der Waals surface area contributed by atoms with Crippen molar-refractivity contribution in [2.24, 2.45) is 5.73 Å². The molecule has 0 radical (unpaired) electrons. The predicted octanol–water partition coefficient (Wildman–Crippen LogP) is 0.691. The van der Waals surface area contributed by atoms with Gasteiger partial charge >= 0.3 is 5.97 Å². The fourth-order valence-corrected chi connectivity index (χ4v) is 1.20. The fourth-order valence-electron chi connectivity index (χ4n) is 1.09. The summed E-state index contributed by atoms with van der Waals surface area (Å²) in [5.74, 6) is -0.254. The summed E-state index contributed by atoms with van der Waals surface area (Å²) in [7, 11) is 1.36. The van der Waals surface area contributed by atoms with Gasteiger partial charge in [-0.3, -0.25) is 9.78 Å². The molecular formula is C10H13N3O2S. The van der Waals surface area contributed by atoms with E-state index in [9.17, 15) is 4.79 Å². The first-order chi connectivity index (χ1) is 7.63. The highest BCUT2D eigenvalue weighted by atomic mass is 32.1. The van der Waals surface area contributed by atoms with Crippen molar-refractivity contribution in [3.05, 3.63) is 24.0 Å². The van der Waals surface area contributed by atoms with Gasteiger partial charge in [-0.1, -0.05) is 12.2 Å². The topological polar surface area (TPSA) is 77.2 Å². The summed E-state index contributed by atoms with van der Waals surface area (Å²) in [4.78, 5) is 15.1. The molecule has 0 bridgehead atoms. The van der Waals surface area contributed by atoms with Gasteiger partial charge < -0.3 is 15.8 Å². The molecular weight excluding hydrogens is 226 g/mol. The molecule has 0 fully saturated rings. The lowest BCUT2D eigenvalue weighted by molar-refractivity contribution is -0.140. The Morgan fingerprint density at radius 2 is 2.44 bits per heavy atom. The zero-order valence-corrected chi connectivity index (χ0v) is 9.71. The van der Waals surface area contributed by atoms with Crippen LogP contribution in [0.2, 0.25) is 0 Å². The van der Waals surface area contributed by atoms with Crippen molar-refractivity contribution < 1.29 is 9.53 Å². The Kier molecular flexibility index (Phi) is 4.65. The van der Waals surface area contributed by atoms with Crippen LogP contribution in [0.1, 0.15) is 12.1 Å². The number of rotatable bonds is 5. The minimum Gasteiger partial charge on any atom is -0.469 e. The summed E-state index contributed by atoms with van der Waals surface area (Å²) >= 11 is 4.81. The number of nitrogens with two attached hydrogens (primary N) is 1. The van der Waals surface area contributed by atoms with Crippen molar-refractivity contribution in [2.75, 3.05) is 19.0 Å². The van der Waals surface area contributed by atoms with E-state index < -0.39 is 0 Å². The van der Waals surface area contributed by atoms with Gasteiger partial charge in [-0.25, -0.2) is 0 Å². The van der Waals surface area contributed by atoms with Crippen molar-refractivity contribution in [1.82, 2.24) is 4.98 Å². The number of thiocarbonyl (C=S) groups is 1. The molecule has 0 atom stereocenters. The molecule has 86 valence electrons. The zero-order valence-electron chi connectivity index (χ0n) is 8.90. The number of pyridine rings is 1. The fraction of sp³-hybridized carbons (Fsp3) is 0.300. The van der Waals surface area contributed by atoms with E-state index in [1.807, 2.05) is 0 Å². The van der Waals surface area contributed by atoms with Gasteiger partial charge in [0.25, 0.3) is 0 Å². The third-order valence-corrected chi connectivity index (χ3v) is 2.11. The SMILES string of the molecule is COC(=O)CCNc1ccnc(C(N)=S)c1. The van der Waals surface area contributed by atoms with Gasteiger partial charge in [0.15, 0.2) is 0 Å². The molecule has 0 saturated carbocycles. The quantitative estimate of drug-likeness (QED) is 0.581. The Morgan fingerprint density at radius 3 is 3.06 bits per heavy atom. The van der Waals surface area contributed by atoms with Gasteiger partial charge in [-0.05, 0) is 12.1 Å². The molecule has 6 heteroatoms. The lowest BCUT2D eigenvalue weighted by Crippen LogP contribution is -2.13. The van der Waals surface area contributed by atoms with Crippen LogP contribution in [-0.2, 0) is 9.53 Å². The van der Waals surface area contributed by atoms with Crippen molar-refractivity contribution in [2.45, 2.75) is 6.42 Å². The number of methoxy groups -OCH3 is 1. The molecule has 0 aliphatic rings. The average molecular weight is 239 g/mol. The highest BCUT2D eigenvalue weighted by Crippen LogP contribution is 2.07. The van der Waals surface area contributed by atoms with Crippen LogP contribution in [0.3, 0.4) is 0 Å². The molecule has 1 aromatic rings. The zero-order chi connectivity index (χ0) is 12.0.